The van der Waals surface area contributed by atoms with Crippen molar-refractivity contribution in [1.82, 2.24) is 0 Å². The Labute approximate surface area is 244 Å². The number of carbonyl (C=O) groups excluding carboxylic acids is 7. The minimum Gasteiger partial charge on any atom is -0.299 e. The van der Waals surface area contributed by atoms with Crippen LogP contribution in [0.1, 0.15) is 113 Å². The molecule has 40 heavy (non-hydrogen) atoms. The van der Waals surface area contributed by atoms with E-state index >= 15 is 0 Å². The highest BCUT2D eigenvalue weighted by molar-refractivity contribution is 7.99. The standard InChI is InChI=1S/C18H28O4.C14H22O3S/c1-5-7-11(3)9-13-10-15(21)16(12(4)19)18(22)17(13)14(20)8-6-2;1-4-11(15)14-12(16)7-10(8-13(14)17)6-9(3)18-5-2/h11,13,16-17H,5-10H2,1-4H3;9-10,14H,4-8H2,1-3H3. The average Bonchev–Trinajstić information content (AvgIpc) is 2.83. The highest BCUT2D eigenvalue weighted by Crippen LogP contribution is 2.36. The minimum atomic E-state index is -1.21. The van der Waals surface area contributed by atoms with Gasteiger partial charge in [0.25, 0.3) is 0 Å². The van der Waals surface area contributed by atoms with Gasteiger partial charge in [-0.15, -0.1) is 0 Å². The molecule has 0 aromatic carbocycles. The highest BCUT2D eigenvalue weighted by Gasteiger charge is 2.48. The maximum absolute atomic E-state index is 12.6. The molecule has 0 radical (unpaired) electrons. The van der Waals surface area contributed by atoms with Gasteiger partial charge in [-0.2, -0.15) is 11.8 Å². The number of ketones is 7. The third kappa shape index (κ3) is 10.5. The van der Waals surface area contributed by atoms with Gasteiger partial charge in [0, 0.05) is 37.4 Å². The van der Waals surface area contributed by atoms with E-state index in [0.717, 1.165) is 25.0 Å². The predicted molar refractivity (Wildman–Crippen MR) is 158 cm³/mol. The van der Waals surface area contributed by atoms with Gasteiger partial charge in [-0.1, -0.05) is 54.4 Å². The van der Waals surface area contributed by atoms with Gasteiger partial charge >= 0.3 is 0 Å². The zero-order valence-electron chi connectivity index (χ0n) is 25.6. The predicted octanol–water partition coefficient (Wildman–Crippen LogP) is 5.82. The van der Waals surface area contributed by atoms with Crippen LogP contribution in [0.25, 0.3) is 0 Å². The number of carbonyl (C=O) groups is 7. The molecule has 2 fully saturated rings. The summed E-state index contributed by atoms with van der Waals surface area (Å²) in [4.78, 5) is 84.1. The van der Waals surface area contributed by atoms with Gasteiger partial charge < -0.3 is 0 Å². The van der Waals surface area contributed by atoms with Crippen molar-refractivity contribution >= 4 is 52.2 Å². The fraction of sp³-hybridized carbons (Fsp3) is 0.781. The Morgan fingerprint density at radius 2 is 1.38 bits per heavy atom. The van der Waals surface area contributed by atoms with Crippen molar-refractivity contribution in [3.05, 3.63) is 0 Å². The topological polar surface area (TPSA) is 119 Å². The summed E-state index contributed by atoms with van der Waals surface area (Å²) < 4.78 is 0. The molecule has 0 heterocycles. The summed E-state index contributed by atoms with van der Waals surface area (Å²) in [7, 11) is 0. The van der Waals surface area contributed by atoms with Gasteiger partial charge in [0.15, 0.2) is 28.9 Å². The molecule has 0 aromatic rings. The first-order valence-corrected chi connectivity index (χ1v) is 16.2. The van der Waals surface area contributed by atoms with Crippen LogP contribution < -0.4 is 0 Å². The van der Waals surface area contributed by atoms with Crippen LogP contribution in [0.15, 0.2) is 0 Å². The zero-order chi connectivity index (χ0) is 30.6. The van der Waals surface area contributed by atoms with Gasteiger partial charge in [-0.25, -0.2) is 0 Å². The Balaban J connectivity index is 0.000000408. The number of thioether (sulfide) groups is 1. The van der Waals surface area contributed by atoms with Gasteiger partial charge in [0.2, 0.25) is 0 Å². The molecule has 2 saturated carbocycles. The van der Waals surface area contributed by atoms with Crippen molar-refractivity contribution in [3.8, 4) is 0 Å². The Bertz CT molecular complexity index is 922. The van der Waals surface area contributed by atoms with E-state index in [9.17, 15) is 33.6 Å². The molecule has 0 bridgehead atoms. The molecule has 0 aromatic heterocycles. The van der Waals surface area contributed by atoms with Crippen LogP contribution in [0.3, 0.4) is 0 Å². The Morgan fingerprint density at radius 3 is 1.85 bits per heavy atom. The van der Waals surface area contributed by atoms with Crippen LogP contribution in [0.4, 0.5) is 0 Å². The lowest BCUT2D eigenvalue weighted by Gasteiger charge is -2.33. The molecule has 7 nitrogen and oxygen atoms in total. The molecule has 0 N–H and O–H groups in total. The maximum atomic E-state index is 12.6. The number of Topliss-reactive ketones (excluding diaryl/α,β-unsaturated/α-hetero) is 7. The van der Waals surface area contributed by atoms with Gasteiger partial charge in [-0.05, 0) is 49.7 Å². The summed E-state index contributed by atoms with van der Waals surface area (Å²) in [5.41, 5.74) is 0. The highest BCUT2D eigenvalue weighted by atomic mass is 32.2. The first kappa shape index (κ1) is 36.1. The molecule has 0 aliphatic heterocycles. The monoisotopic (exact) mass is 578 g/mol. The molecule has 0 saturated heterocycles. The summed E-state index contributed by atoms with van der Waals surface area (Å²) in [6, 6.07) is 0. The van der Waals surface area contributed by atoms with Crippen molar-refractivity contribution < 1.29 is 33.6 Å². The fourth-order valence-electron chi connectivity index (χ4n) is 6.27. The third-order valence-corrected chi connectivity index (χ3v) is 9.09. The second-order valence-electron chi connectivity index (χ2n) is 11.7. The number of rotatable bonds is 14. The van der Waals surface area contributed by atoms with E-state index in [2.05, 4.69) is 27.7 Å². The molecule has 8 heteroatoms. The second-order valence-corrected chi connectivity index (χ2v) is 13.4. The van der Waals surface area contributed by atoms with Crippen molar-refractivity contribution in [2.45, 2.75) is 118 Å². The molecule has 0 amide bonds. The molecule has 0 spiro atoms. The van der Waals surface area contributed by atoms with E-state index in [1.807, 2.05) is 18.7 Å². The quantitative estimate of drug-likeness (QED) is 0.236. The van der Waals surface area contributed by atoms with Crippen molar-refractivity contribution in [2.75, 3.05) is 5.75 Å². The smallest absolute Gasteiger partial charge is 0.161 e. The molecular formula is C32H50O7S. The molecule has 2 aliphatic carbocycles. The maximum Gasteiger partial charge on any atom is 0.161 e. The molecule has 2 rings (SSSR count). The molecular weight excluding hydrogens is 528 g/mol. The average molecular weight is 579 g/mol. The lowest BCUT2D eigenvalue weighted by Crippen LogP contribution is -2.47. The van der Waals surface area contributed by atoms with Crippen LogP contribution >= 0.6 is 11.8 Å². The van der Waals surface area contributed by atoms with Crippen molar-refractivity contribution in [3.63, 3.8) is 0 Å². The molecule has 2 aliphatic rings. The lowest BCUT2D eigenvalue weighted by molar-refractivity contribution is -0.150. The van der Waals surface area contributed by atoms with Crippen molar-refractivity contribution in [1.29, 1.82) is 0 Å². The van der Waals surface area contributed by atoms with E-state index in [1.165, 1.54) is 6.92 Å². The van der Waals surface area contributed by atoms with E-state index in [-0.39, 0.29) is 53.6 Å². The molecule has 5 unspecified atom stereocenters. The fourth-order valence-corrected chi connectivity index (χ4v) is 7.25. The summed E-state index contributed by atoms with van der Waals surface area (Å²) in [5.74, 6) is -3.36. The van der Waals surface area contributed by atoms with Crippen LogP contribution in [-0.4, -0.2) is 51.5 Å². The van der Waals surface area contributed by atoms with Crippen LogP contribution in [0.5, 0.6) is 0 Å². The summed E-state index contributed by atoms with van der Waals surface area (Å²) in [6.45, 7) is 13.3. The van der Waals surface area contributed by atoms with E-state index < -0.39 is 29.3 Å². The van der Waals surface area contributed by atoms with Gasteiger partial charge in [0.1, 0.15) is 23.4 Å². The number of hydrogen-bond acceptors (Lipinski definition) is 8. The zero-order valence-corrected chi connectivity index (χ0v) is 26.4. The van der Waals surface area contributed by atoms with Crippen LogP contribution in [-0.2, 0) is 33.6 Å². The van der Waals surface area contributed by atoms with Crippen LogP contribution in [0.2, 0.25) is 0 Å². The minimum absolute atomic E-state index is 0.0973. The van der Waals surface area contributed by atoms with Crippen molar-refractivity contribution in [2.24, 2.45) is 35.5 Å². The largest absolute Gasteiger partial charge is 0.299 e. The number of hydrogen-bond donors (Lipinski definition) is 0. The van der Waals surface area contributed by atoms with E-state index in [4.69, 9.17) is 0 Å². The Kier molecular flexibility index (Phi) is 16.0. The van der Waals surface area contributed by atoms with E-state index in [1.54, 1.807) is 6.92 Å². The first-order chi connectivity index (χ1) is 18.8. The summed E-state index contributed by atoms with van der Waals surface area (Å²) in [5, 5.41) is 0.471. The van der Waals surface area contributed by atoms with E-state index in [0.29, 0.717) is 43.3 Å². The van der Waals surface area contributed by atoms with Gasteiger partial charge in [-0.3, -0.25) is 33.6 Å². The summed E-state index contributed by atoms with van der Waals surface area (Å²) in [6.07, 6.45) is 5.93. The summed E-state index contributed by atoms with van der Waals surface area (Å²) >= 11 is 1.85. The second kappa shape index (κ2) is 17.8. The lowest BCUT2D eigenvalue weighted by atomic mass is 9.66. The Morgan fingerprint density at radius 1 is 0.800 bits per heavy atom. The third-order valence-electron chi connectivity index (χ3n) is 7.99. The van der Waals surface area contributed by atoms with Gasteiger partial charge in [0.05, 0.1) is 5.92 Å². The molecule has 5 atom stereocenters. The van der Waals surface area contributed by atoms with Crippen LogP contribution in [0, 0.1) is 35.5 Å². The Hall–Kier alpha value is -1.96. The first-order valence-electron chi connectivity index (χ1n) is 15.1. The SMILES string of the molecule is CCCC(=O)C1C(=O)C(C(C)=O)C(=O)CC1CC(C)CCC.CCSC(C)CC1CC(=O)C(C(=O)CC)C(=O)C1. The molecule has 226 valence electrons. The normalized spacial score (nSPS) is 26.5.